The average Bonchev–Trinajstić information content (AvgIpc) is 2.68. The monoisotopic (exact) mass is 349 g/mol. The second-order valence-corrected chi connectivity index (χ2v) is 5.54. The van der Waals surface area contributed by atoms with Gasteiger partial charge in [0, 0.05) is 11.4 Å². The number of aryl methyl sites for hydroxylation is 1. The molecule has 0 fully saturated rings. The number of esters is 1. The van der Waals surface area contributed by atoms with Crippen molar-refractivity contribution in [3.05, 3.63) is 65.9 Å². The van der Waals surface area contributed by atoms with Crippen molar-refractivity contribution in [3.8, 4) is 0 Å². The molecule has 0 aliphatic heterocycles. The first-order chi connectivity index (χ1) is 12.7. The molecule has 0 aliphatic rings. The van der Waals surface area contributed by atoms with Crippen LogP contribution in [-0.2, 0) is 11.2 Å². The van der Waals surface area contributed by atoms with E-state index < -0.39 is 5.97 Å². The molecule has 0 spiro atoms. The Hall–Kier alpha value is -3.48. The lowest BCUT2D eigenvalue weighted by Gasteiger charge is -2.09. The molecule has 3 rings (SSSR count). The summed E-state index contributed by atoms with van der Waals surface area (Å²) in [4.78, 5) is 16.0. The zero-order valence-corrected chi connectivity index (χ0v) is 14.6. The molecular formula is C19H19N5O2. The van der Waals surface area contributed by atoms with Crippen molar-refractivity contribution in [2.75, 3.05) is 17.7 Å². The van der Waals surface area contributed by atoms with E-state index in [2.05, 4.69) is 44.9 Å². The molecule has 0 radical (unpaired) electrons. The standard InChI is InChI=1S/C19H19N5O2/c1-3-13-7-9-15(10-8-13)21-17-12-20-24-19(23-17)22-16-6-4-5-14(11-16)18(25)26-2/h4-12H,3H2,1-2H3,(H2,21,22,23,24). The van der Waals surface area contributed by atoms with Gasteiger partial charge in [0.15, 0.2) is 5.82 Å². The minimum atomic E-state index is -0.404. The normalized spacial score (nSPS) is 10.2. The van der Waals surface area contributed by atoms with Crippen LogP contribution >= 0.6 is 0 Å². The highest BCUT2D eigenvalue weighted by molar-refractivity contribution is 5.90. The molecule has 7 nitrogen and oxygen atoms in total. The fourth-order valence-corrected chi connectivity index (χ4v) is 2.36. The third kappa shape index (κ3) is 4.32. The van der Waals surface area contributed by atoms with Crippen LogP contribution < -0.4 is 10.6 Å². The van der Waals surface area contributed by atoms with Gasteiger partial charge in [0.05, 0.1) is 18.9 Å². The summed E-state index contributed by atoms with van der Waals surface area (Å²) in [7, 11) is 1.34. The number of ether oxygens (including phenoxy) is 1. The van der Waals surface area contributed by atoms with Crippen LogP contribution in [0.25, 0.3) is 0 Å². The summed E-state index contributed by atoms with van der Waals surface area (Å²) in [5, 5.41) is 14.2. The first kappa shape index (κ1) is 17.3. The molecule has 0 amide bonds. The van der Waals surface area contributed by atoms with Crippen LogP contribution in [0.1, 0.15) is 22.8 Å². The number of nitrogens with one attached hydrogen (secondary N) is 2. The summed E-state index contributed by atoms with van der Waals surface area (Å²) in [6.45, 7) is 2.11. The van der Waals surface area contributed by atoms with Gasteiger partial charge in [-0.1, -0.05) is 25.1 Å². The molecule has 7 heteroatoms. The highest BCUT2D eigenvalue weighted by Gasteiger charge is 2.07. The van der Waals surface area contributed by atoms with Crippen LogP contribution in [0.3, 0.4) is 0 Å². The summed E-state index contributed by atoms with van der Waals surface area (Å²) >= 11 is 0. The second kappa shape index (κ2) is 8.06. The average molecular weight is 349 g/mol. The Bertz CT molecular complexity index is 896. The topological polar surface area (TPSA) is 89.0 Å². The Morgan fingerprint density at radius 3 is 2.62 bits per heavy atom. The number of aromatic nitrogens is 3. The molecule has 0 saturated carbocycles. The van der Waals surface area contributed by atoms with Gasteiger partial charge in [-0.25, -0.2) is 4.79 Å². The fourth-order valence-electron chi connectivity index (χ4n) is 2.36. The Labute approximate surface area is 151 Å². The van der Waals surface area contributed by atoms with E-state index in [0.29, 0.717) is 23.0 Å². The Morgan fingerprint density at radius 2 is 1.88 bits per heavy atom. The summed E-state index contributed by atoms with van der Waals surface area (Å²) < 4.78 is 4.72. The highest BCUT2D eigenvalue weighted by atomic mass is 16.5. The maximum Gasteiger partial charge on any atom is 0.337 e. The number of carbonyl (C=O) groups is 1. The maximum atomic E-state index is 11.6. The van der Waals surface area contributed by atoms with Gasteiger partial charge in [0.2, 0.25) is 5.95 Å². The number of rotatable bonds is 6. The first-order valence-electron chi connectivity index (χ1n) is 8.19. The van der Waals surface area contributed by atoms with E-state index in [9.17, 15) is 4.79 Å². The molecule has 0 atom stereocenters. The van der Waals surface area contributed by atoms with Crippen molar-refractivity contribution in [3.63, 3.8) is 0 Å². The first-order valence-corrected chi connectivity index (χ1v) is 8.19. The van der Waals surface area contributed by atoms with Crippen LogP contribution in [0.5, 0.6) is 0 Å². The van der Waals surface area contributed by atoms with Crippen molar-refractivity contribution in [2.24, 2.45) is 0 Å². The number of nitrogens with zero attached hydrogens (tertiary/aromatic N) is 3. The summed E-state index contributed by atoms with van der Waals surface area (Å²) in [6, 6.07) is 15.0. The molecule has 132 valence electrons. The Kier molecular flexibility index (Phi) is 5.38. The van der Waals surface area contributed by atoms with Crippen molar-refractivity contribution in [1.82, 2.24) is 15.2 Å². The largest absolute Gasteiger partial charge is 0.465 e. The molecule has 1 heterocycles. The van der Waals surface area contributed by atoms with Gasteiger partial charge < -0.3 is 15.4 Å². The molecule has 0 aliphatic carbocycles. The number of carbonyl (C=O) groups excluding carboxylic acids is 1. The number of benzene rings is 2. The van der Waals surface area contributed by atoms with Crippen molar-refractivity contribution in [1.29, 1.82) is 0 Å². The molecule has 3 aromatic rings. The van der Waals surface area contributed by atoms with Gasteiger partial charge in [0.1, 0.15) is 0 Å². The quantitative estimate of drug-likeness (QED) is 0.656. The molecule has 2 aromatic carbocycles. The Balaban J connectivity index is 1.73. The summed E-state index contributed by atoms with van der Waals surface area (Å²) in [5.74, 6) is 0.483. The number of hydrogen-bond donors (Lipinski definition) is 2. The van der Waals surface area contributed by atoms with Crippen LogP contribution in [0.4, 0.5) is 23.1 Å². The van der Waals surface area contributed by atoms with Crippen LogP contribution in [0, 0.1) is 0 Å². The zero-order chi connectivity index (χ0) is 18.4. The minimum absolute atomic E-state index is 0.321. The van der Waals surface area contributed by atoms with Gasteiger partial charge >= 0.3 is 5.97 Å². The van der Waals surface area contributed by atoms with Gasteiger partial charge in [0.25, 0.3) is 0 Å². The molecule has 2 N–H and O–H groups in total. The molecule has 0 unspecified atom stereocenters. The molecule has 0 bridgehead atoms. The lowest BCUT2D eigenvalue weighted by atomic mass is 10.1. The van der Waals surface area contributed by atoms with Gasteiger partial charge in [-0.2, -0.15) is 10.1 Å². The molecular weight excluding hydrogens is 330 g/mol. The van der Waals surface area contributed by atoms with Crippen molar-refractivity contribution < 1.29 is 9.53 Å². The van der Waals surface area contributed by atoms with E-state index >= 15 is 0 Å². The molecule has 26 heavy (non-hydrogen) atoms. The van der Waals surface area contributed by atoms with Crippen LogP contribution in [-0.4, -0.2) is 28.3 Å². The number of hydrogen-bond acceptors (Lipinski definition) is 7. The highest BCUT2D eigenvalue weighted by Crippen LogP contribution is 2.18. The SMILES string of the molecule is CCc1ccc(Nc2cnnc(Nc3cccc(C(=O)OC)c3)n2)cc1. The van der Waals surface area contributed by atoms with Crippen molar-refractivity contribution >= 4 is 29.1 Å². The predicted molar refractivity (Wildman–Crippen MR) is 100.0 cm³/mol. The summed E-state index contributed by atoms with van der Waals surface area (Å²) in [6.07, 6.45) is 2.54. The van der Waals surface area contributed by atoms with Crippen LogP contribution in [0.15, 0.2) is 54.7 Å². The lowest BCUT2D eigenvalue weighted by molar-refractivity contribution is 0.0601. The maximum absolute atomic E-state index is 11.6. The van der Waals surface area contributed by atoms with E-state index in [-0.39, 0.29) is 0 Å². The number of methoxy groups -OCH3 is 1. The van der Waals surface area contributed by atoms with Gasteiger partial charge in [-0.3, -0.25) is 0 Å². The third-order valence-corrected chi connectivity index (χ3v) is 3.73. The van der Waals surface area contributed by atoms with E-state index in [1.54, 1.807) is 30.5 Å². The number of anilines is 4. The second-order valence-electron chi connectivity index (χ2n) is 5.54. The Morgan fingerprint density at radius 1 is 1.08 bits per heavy atom. The van der Waals surface area contributed by atoms with Gasteiger partial charge in [-0.05, 0) is 42.3 Å². The third-order valence-electron chi connectivity index (χ3n) is 3.73. The molecule has 0 saturated heterocycles. The summed E-state index contributed by atoms with van der Waals surface area (Å²) in [5.41, 5.74) is 3.29. The van der Waals surface area contributed by atoms with E-state index in [1.165, 1.54) is 12.7 Å². The van der Waals surface area contributed by atoms with E-state index in [4.69, 9.17) is 4.74 Å². The van der Waals surface area contributed by atoms with E-state index in [0.717, 1.165) is 12.1 Å². The van der Waals surface area contributed by atoms with Crippen LogP contribution in [0.2, 0.25) is 0 Å². The molecule has 1 aromatic heterocycles. The van der Waals surface area contributed by atoms with Crippen molar-refractivity contribution in [2.45, 2.75) is 13.3 Å². The predicted octanol–water partition coefficient (Wildman–Crippen LogP) is 3.71. The zero-order valence-electron chi connectivity index (χ0n) is 14.6. The van der Waals surface area contributed by atoms with Gasteiger partial charge in [-0.15, -0.1) is 5.10 Å². The minimum Gasteiger partial charge on any atom is -0.465 e. The van der Waals surface area contributed by atoms with E-state index in [1.807, 2.05) is 12.1 Å². The smallest absolute Gasteiger partial charge is 0.337 e. The lowest BCUT2D eigenvalue weighted by Crippen LogP contribution is -2.04. The fraction of sp³-hybridized carbons (Fsp3) is 0.158.